The third-order valence-electron chi connectivity index (χ3n) is 5.24. The van der Waals surface area contributed by atoms with E-state index in [2.05, 4.69) is 15.7 Å². The van der Waals surface area contributed by atoms with Crippen LogP contribution in [0.4, 0.5) is 4.39 Å². The molecule has 0 aliphatic carbocycles. The average molecular weight is 415 g/mol. The van der Waals surface area contributed by atoms with Crippen LogP contribution in [0.2, 0.25) is 0 Å². The highest BCUT2D eigenvalue weighted by atomic mass is 19.1. The summed E-state index contributed by atoms with van der Waals surface area (Å²) in [7, 11) is 0. The number of hydrogen-bond acceptors (Lipinski definition) is 4. The van der Waals surface area contributed by atoms with E-state index >= 15 is 0 Å². The Labute approximate surface area is 174 Å². The van der Waals surface area contributed by atoms with Crippen molar-refractivity contribution in [3.8, 4) is 5.69 Å². The van der Waals surface area contributed by atoms with Crippen LogP contribution in [-0.2, 0) is 20.9 Å². The largest absolute Gasteiger partial charge is 0.350 e. The zero-order chi connectivity index (χ0) is 21.7. The summed E-state index contributed by atoms with van der Waals surface area (Å²) in [6.07, 6.45) is 3.19. The molecule has 0 saturated carbocycles. The number of amides is 3. The zero-order valence-corrected chi connectivity index (χ0v) is 17.2. The summed E-state index contributed by atoms with van der Waals surface area (Å²) in [4.78, 5) is 36.5. The number of carbonyl (C=O) groups is 3. The van der Waals surface area contributed by atoms with Crippen molar-refractivity contribution < 1.29 is 18.8 Å². The van der Waals surface area contributed by atoms with E-state index in [0.29, 0.717) is 18.8 Å². The van der Waals surface area contributed by atoms with E-state index in [1.807, 2.05) is 4.90 Å². The van der Waals surface area contributed by atoms with Crippen LogP contribution in [0.5, 0.6) is 0 Å². The number of likely N-dealkylation sites (tertiary alicyclic amines) is 1. The van der Waals surface area contributed by atoms with Crippen molar-refractivity contribution in [2.45, 2.75) is 39.2 Å². The summed E-state index contributed by atoms with van der Waals surface area (Å²) < 4.78 is 15.5. The highest BCUT2D eigenvalue weighted by molar-refractivity contribution is 5.83. The Morgan fingerprint density at radius 3 is 2.53 bits per heavy atom. The molecule has 1 aliphatic heterocycles. The molecule has 0 unspecified atom stereocenters. The normalized spacial score (nSPS) is 14.4. The summed E-state index contributed by atoms with van der Waals surface area (Å²) in [5.41, 5.74) is 2.34. The standard InChI is InChI=1S/C21H26FN5O3/c1-14(28)23-13-20(30)24-11-17-12-25-27(19-5-3-4-18(22)10-19)21(17)16-6-8-26(9-7-16)15(2)29/h3-5,10,12,16H,6-9,11,13H2,1-2H3,(H,23,28)(H,24,30). The lowest BCUT2D eigenvalue weighted by molar-refractivity contribution is -0.129. The second-order valence-electron chi connectivity index (χ2n) is 7.41. The maximum Gasteiger partial charge on any atom is 0.239 e. The number of piperidine rings is 1. The van der Waals surface area contributed by atoms with E-state index in [-0.39, 0.29) is 42.5 Å². The molecule has 1 aromatic heterocycles. The van der Waals surface area contributed by atoms with Crippen molar-refractivity contribution in [2.24, 2.45) is 0 Å². The topological polar surface area (TPSA) is 96.3 Å². The third kappa shape index (κ3) is 5.22. The quantitative estimate of drug-likeness (QED) is 0.747. The summed E-state index contributed by atoms with van der Waals surface area (Å²) in [6.45, 7) is 4.34. The number of nitrogens with one attached hydrogen (secondary N) is 2. The molecule has 1 saturated heterocycles. The second-order valence-corrected chi connectivity index (χ2v) is 7.41. The molecule has 2 heterocycles. The van der Waals surface area contributed by atoms with Crippen LogP contribution < -0.4 is 10.6 Å². The molecule has 160 valence electrons. The highest BCUT2D eigenvalue weighted by Gasteiger charge is 2.27. The van der Waals surface area contributed by atoms with Crippen molar-refractivity contribution in [2.75, 3.05) is 19.6 Å². The van der Waals surface area contributed by atoms with Crippen molar-refractivity contribution >= 4 is 17.7 Å². The fraction of sp³-hybridized carbons (Fsp3) is 0.429. The molecule has 0 spiro atoms. The van der Waals surface area contributed by atoms with E-state index < -0.39 is 0 Å². The molecule has 9 heteroatoms. The number of hydrogen-bond donors (Lipinski definition) is 2. The van der Waals surface area contributed by atoms with Gasteiger partial charge in [0, 0.05) is 45.0 Å². The van der Waals surface area contributed by atoms with Gasteiger partial charge in [0.25, 0.3) is 0 Å². The molecular formula is C21H26FN5O3. The van der Waals surface area contributed by atoms with Crippen LogP contribution in [0, 0.1) is 5.82 Å². The molecule has 1 fully saturated rings. The molecular weight excluding hydrogens is 389 g/mol. The molecule has 2 aromatic rings. The monoisotopic (exact) mass is 415 g/mol. The minimum atomic E-state index is -0.356. The molecule has 1 aromatic carbocycles. The van der Waals surface area contributed by atoms with Gasteiger partial charge in [0.05, 0.1) is 24.1 Å². The lowest BCUT2D eigenvalue weighted by atomic mass is 9.91. The predicted octanol–water partition coefficient (Wildman–Crippen LogP) is 1.49. The van der Waals surface area contributed by atoms with Gasteiger partial charge in [-0.25, -0.2) is 9.07 Å². The lowest BCUT2D eigenvalue weighted by Gasteiger charge is -2.32. The molecule has 8 nitrogen and oxygen atoms in total. The number of aromatic nitrogens is 2. The van der Waals surface area contributed by atoms with Gasteiger partial charge in [0.2, 0.25) is 17.7 Å². The molecule has 3 amide bonds. The Kier molecular flexibility index (Phi) is 6.81. The van der Waals surface area contributed by atoms with Gasteiger partial charge in [0.1, 0.15) is 5.82 Å². The molecule has 3 rings (SSSR count). The van der Waals surface area contributed by atoms with Crippen molar-refractivity contribution in [1.29, 1.82) is 0 Å². The van der Waals surface area contributed by atoms with Crippen molar-refractivity contribution in [1.82, 2.24) is 25.3 Å². The van der Waals surface area contributed by atoms with Gasteiger partial charge in [-0.15, -0.1) is 0 Å². The Hall–Kier alpha value is -3.23. The first-order chi connectivity index (χ1) is 14.3. The van der Waals surface area contributed by atoms with Crippen LogP contribution in [0.15, 0.2) is 30.5 Å². The molecule has 30 heavy (non-hydrogen) atoms. The fourth-order valence-corrected chi connectivity index (χ4v) is 3.71. The van der Waals surface area contributed by atoms with Gasteiger partial charge in [0.15, 0.2) is 0 Å². The van der Waals surface area contributed by atoms with Crippen LogP contribution in [0.25, 0.3) is 5.69 Å². The Balaban J connectivity index is 1.83. The van der Waals surface area contributed by atoms with E-state index in [1.165, 1.54) is 19.1 Å². The zero-order valence-electron chi connectivity index (χ0n) is 17.2. The van der Waals surface area contributed by atoms with Gasteiger partial charge >= 0.3 is 0 Å². The van der Waals surface area contributed by atoms with Gasteiger partial charge in [-0.2, -0.15) is 5.10 Å². The van der Waals surface area contributed by atoms with E-state index in [0.717, 1.165) is 24.1 Å². The number of halogens is 1. The average Bonchev–Trinajstić information content (AvgIpc) is 3.14. The summed E-state index contributed by atoms with van der Waals surface area (Å²) in [5, 5.41) is 9.71. The number of carbonyl (C=O) groups excluding carboxylic acids is 3. The second kappa shape index (κ2) is 9.51. The predicted molar refractivity (Wildman–Crippen MR) is 108 cm³/mol. The number of nitrogens with zero attached hydrogens (tertiary/aromatic N) is 3. The first-order valence-corrected chi connectivity index (χ1v) is 9.94. The fourth-order valence-electron chi connectivity index (χ4n) is 3.71. The van der Waals surface area contributed by atoms with Gasteiger partial charge < -0.3 is 15.5 Å². The van der Waals surface area contributed by atoms with Crippen molar-refractivity contribution in [3.05, 3.63) is 47.5 Å². The Morgan fingerprint density at radius 1 is 1.17 bits per heavy atom. The minimum absolute atomic E-state index is 0.0533. The summed E-state index contributed by atoms with van der Waals surface area (Å²) in [5.74, 6) is -0.764. The molecule has 0 atom stereocenters. The lowest BCUT2D eigenvalue weighted by Crippen LogP contribution is -2.37. The van der Waals surface area contributed by atoms with Gasteiger partial charge in [-0.05, 0) is 31.0 Å². The third-order valence-corrected chi connectivity index (χ3v) is 5.24. The molecule has 0 bridgehead atoms. The van der Waals surface area contributed by atoms with Crippen LogP contribution in [0.3, 0.4) is 0 Å². The molecule has 1 aliphatic rings. The van der Waals surface area contributed by atoms with Gasteiger partial charge in [-0.1, -0.05) is 6.07 Å². The van der Waals surface area contributed by atoms with Gasteiger partial charge in [-0.3, -0.25) is 14.4 Å². The van der Waals surface area contributed by atoms with Crippen LogP contribution in [-0.4, -0.2) is 52.0 Å². The highest BCUT2D eigenvalue weighted by Crippen LogP contribution is 2.32. The first-order valence-electron chi connectivity index (χ1n) is 9.94. The van der Waals surface area contributed by atoms with Crippen LogP contribution >= 0.6 is 0 Å². The Bertz CT molecular complexity index is 934. The van der Waals surface area contributed by atoms with Crippen LogP contribution in [0.1, 0.15) is 43.9 Å². The molecule has 2 N–H and O–H groups in total. The van der Waals surface area contributed by atoms with E-state index in [9.17, 15) is 18.8 Å². The van der Waals surface area contributed by atoms with Crippen molar-refractivity contribution in [3.63, 3.8) is 0 Å². The summed E-state index contributed by atoms with van der Waals surface area (Å²) >= 11 is 0. The number of rotatable bonds is 6. The Morgan fingerprint density at radius 2 is 1.90 bits per heavy atom. The number of benzene rings is 1. The molecule has 0 radical (unpaired) electrons. The maximum atomic E-state index is 13.8. The minimum Gasteiger partial charge on any atom is -0.350 e. The summed E-state index contributed by atoms with van der Waals surface area (Å²) in [6, 6.07) is 6.20. The van der Waals surface area contributed by atoms with E-state index in [4.69, 9.17) is 0 Å². The SMILES string of the molecule is CC(=O)NCC(=O)NCc1cnn(-c2cccc(F)c2)c1C1CCN(C(C)=O)CC1. The first kappa shape index (κ1) is 21.5. The smallest absolute Gasteiger partial charge is 0.239 e. The maximum absolute atomic E-state index is 13.8. The van der Waals surface area contributed by atoms with E-state index in [1.54, 1.807) is 29.9 Å².